The van der Waals surface area contributed by atoms with E-state index in [0.29, 0.717) is 6.61 Å². The van der Waals surface area contributed by atoms with Crippen molar-refractivity contribution in [3.8, 4) is 5.75 Å². The van der Waals surface area contributed by atoms with Gasteiger partial charge in [-0.15, -0.1) is 0 Å². The fourth-order valence-electron chi connectivity index (χ4n) is 2.78. The Morgan fingerprint density at radius 1 is 1.43 bits per heavy atom. The summed E-state index contributed by atoms with van der Waals surface area (Å²) in [4.78, 5) is 14.2. The molecule has 1 atom stereocenters. The Labute approximate surface area is 126 Å². The molecule has 0 aromatic heterocycles. The third kappa shape index (κ3) is 4.11. The monoisotopic (exact) mass is 291 g/mol. The lowest BCUT2D eigenvalue weighted by atomic mass is 9.89. The van der Waals surface area contributed by atoms with Gasteiger partial charge in [-0.25, -0.2) is 0 Å². The van der Waals surface area contributed by atoms with E-state index >= 15 is 0 Å². The highest BCUT2D eigenvalue weighted by Gasteiger charge is 2.39. The number of hydrogen-bond donors (Lipinski definition) is 2. The van der Waals surface area contributed by atoms with Gasteiger partial charge in [0.1, 0.15) is 5.75 Å². The van der Waals surface area contributed by atoms with Gasteiger partial charge >= 0.3 is 0 Å². The van der Waals surface area contributed by atoms with Crippen LogP contribution in [0.25, 0.3) is 0 Å². The molecule has 0 radical (unpaired) electrons. The van der Waals surface area contributed by atoms with Crippen molar-refractivity contribution in [2.24, 2.45) is 5.41 Å². The zero-order valence-electron chi connectivity index (χ0n) is 12.9. The van der Waals surface area contributed by atoms with Crippen LogP contribution in [0, 0.1) is 5.41 Å². The van der Waals surface area contributed by atoms with Crippen molar-refractivity contribution in [2.75, 3.05) is 39.0 Å². The van der Waals surface area contributed by atoms with Crippen LogP contribution < -0.4 is 15.8 Å². The molecule has 0 bridgehead atoms. The van der Waals surface area contributed by atoms with Gasteiger partial charge < -0.3 is 20.7 Å². The molecule has 1 fully saturated rings. The van der Waals surface area contributed by atoms with E-state index in [4.69, 9.17) is 10.5 Å². The topological polar surface area (TPSA) is 67.6 Å². The largest absolute Gasteiger partial charge is 0.494 e. The first-order valence-corrected chi connectivity index (χ1v) is 7.46. The highest BCUT2D eigenvalue weighted by Crippen LogP contribution is 2.29. The lowest BCUT2D eigenvalue weighted by molar-refractivity contribution is -0.129. The predicted molar refractivity (Wildman–Crippen MR) is 84.2 cm³/mol. The van der Waals surface area contributed by atoms with Gasteiger partial charge in [0, 0.05) is 25.8 Å². The van der Waals surface area contributed by atoms with Crippen molar-refractivity contribution >= 4 is 11.6 Å². The molecule has 1 aliphatic rings. The number of rotatable bonds is 6. The van der Waals surface area contributed by atoms with Crippen LogP contribution in [0.4, 0.5) is 5.69 Å². The average molecular weight is 291 g/mol. The molecule has 2 rings (SSSR count). The van der Waals surface area contributed by atoms with Gasteiger partial charge in [0.15, 0.2) is 0 Å². The molecule has 5 nitrogen and oxygen atoms in total. The van der Waals surface area contributed by atoms with Crippen LogP contribution >= 0.6 is 0 Å². The molecule has 5 heteroatoms. The standard InChI is InChI=1S/C16H25N3O2/c1-16(15(20)18-2)8-10-19(12-16)9-3-11-21-14-6-4-13(17)5-7-14/h4-7H,3,8-12,17H2,1-2H3,(H,18,20). The summed E-state index contributed by atoms with van der Waals surface area (Å²) in [5.74, 6) is 0.990. The summed E-state index contributed by atoms with van der Waals surface area (Å²) in [5.41, 5.74) is 6.13. The van der Waals surface area contributed by atoms with E-state index in [1.165, 1.54) is 0 Å². The van der Waals surface area contributed by atoms with E-state index in [9.17, 15) is 4.79 Å². The minimum Gasteiger partial charge on any atom is -0.494 e. The Bertz CT molecular complexity index is 475. The molecular formula is C16H25N3O2. The summed E-state index contributed by atoms with van der Waals surface area (Å²) in [6.07, 6.45) is 1.87. The van der Waals surface area contributed by atoms with Gasteiger partial charge in [-0.2, -0.15) is 0 Å². The van der Waals surface area contributed by atoms with Crippen LogP contribution in [0.2, 0.25) is 0 Å². The predicted octanol–water partition coefficient (Wildman–Crippen LogP) is 1.50. The number of nitrogens with zero attached hydrogens (tertiary/aromatic N) is 1. The summed E-state index contributed by atoms with van der Waals surface area (Å²) in [6, 6.07) is 7.44. The van der Waals surface area contributed by atoms with Crippen molar-refractivity contribution in [3.05, 3.63) is 24.3 Å². The molecule has 3 N–H and O–H groups in total. The Morgan fingerprint density at radius 2 is 2.14 bits per heavy atom. The maximum atomic E-state index is 11.9. The molecule has 1 heterocycles. The second kappa shape index (κ2) is 6.80. The summed E-state index contributed by atoms with van der Waals surface area (Å²) in [6.45, 7) is 5.48. The first-order valence-electron chi connectivity index (χ1n) is 7.46. The van der Waals surface area contributed by atoms with Crippen LogP contribution in [-0.4, -0.2) is 44.1 Å². The van der Waals surface area contributed by atoms with Crippen LogP contribution in [0.1, 0.15) is 19.8 Å². The van der Waals surface area contributed by atoms with Gasteiger partial charge in [-0.05, 0) is 50.6 Å². The van der Waals surface area contributed by atoms with E-state index in [1.54, 1.807) is 7.05 Å². The Balaban J connectivity index is 1.68. The number of likely N-dealkylation sites (tertiary alicyclic amines) is 1. The first kappa shape index (κ1) is 15.6. The van der Waals surface area contributed by atoms with Crippen molar-refractivity contribution in [2.45, 2.75) is 19.8 Å². The van der Waals surface area contributed by atoms with Gasteiger partial charge in [0.05, 0.1) is 12.0 Å². The summed E-state index contributed by atoms with van der Waals surface area (Å²) < 4.78 is 5.68. The fourth-order valence-corrected chi connectivity index (χ4v) is 2.78. The molecule has 21 heavy (non-hydrogen) atoms. The third-order valence-electron chi connectivity index (χ3n) is 4.10. The maximum Gasteiger partial charge on any atom is 0.227 e. The normalized spacial score (nSPS) is 22.2. The number of nitrogen functional groups attached to an aromatic ring is 1. The van der Waals surface area contributed by atoms with E-state index < -0.39 is 0 Å². The van der Waals surface area contributed by atoms with Crippen LogP contribution in [-0.2, 0) is 4.79 Å². The van der Waals surface area contributed by atoms with E-state index in [2.05, 4.69) is 10.2 Å². The van der Waals surface area contributed by atoms with Crippen molar-refractivity contribution < 1.29 is 9.53 Å². The Morgan fingerprint density at radius 3 is 2.81 bits per heavy atom. The van der Waals surface area contributed by atoms with Gasteiger partial charge in [-0.1, -0.05) is 0 Å². The van der Waals surface area contributed by atoms with E-state index in [1.807, 2.05) is 31.2 Å². The molecule has 1 aromatic rings. The lowest BCUT2D eigenvalue weighted by Crippen LogP contribution is -2.39. The molecule has 0 saturated carbocycles. The lowest BCUT2D eigenvalue weighted by Gasteiger charge is -2.22. The molecule has 1 amide bonds. The van der Waals surface area contributed by atoms with Crippen LogP contribution in [0.15, 0.2) is 24.3 Å². The smallest absolute Gasteiger partial charge is 0.227 e. The Hall–Kier alpha value is -1.75. The fraction of sp³-hybridized carbons (Fsp3) is 0.562. The first-order chi connectivity index (χ1) is 10.0. The highest BCUT2D eigenvalue weighted by atomic mass is 16.5. The molecule has 1 aliphatic heterocycles. The number of benzene rings is 1. The highest BCUT2D eigenvalue weighted by molar-refractivity contribution is 5.82. The van der Waals surface area contributed by atoms with Gasteiger partial charge in [0.25, 0.3) is 0 Å². The van der Waals surface area contributed by atoms with Gasteiger partial charge in [0.2, 0.25) is 5.91 Å². The number of anilines is 1. The van der Waals surface area contributed by atoms with Crippen molar-refractivity contribution in [1.29, 1.82) is 0 Å². The molecule has 0 spiro atoms. The second-order valence-corrected chi connectivity index (χ2v) is 5.94. The van der Waals surface area contributed by atoms with Crippen LogP contribution in [0.3, 0.4) is 0 Å². The third-order valence-corrected chi connectivity index (χ3v) is 4.10. The number of ether oxygens (including phenoxy) is 1. The zero-order valence-corrected chi connectivity index (χ0v) is 12.9. The number of carbonyl (C=O) groups is 1. The van der Waals surface area contributed by atoms with E-state index in [0.717, 1.165) is 43.9 Å². The number of nitrogens with two attached hydrogens (primary N) is 1. The number of amides is 1. The summed E-state index contributed by atoms with van der Waals surface area (Å²) in [7, 11) is 1.71. The zero-order chi connectivity index (χ0) is 15.3. The maximum absolute atomic E-state index is 11.9. The minimum atomic E-state index is -0.243. The second-order valence-electron chi connectivity index (χ2n) is 5.94. The Kier molecular flexibility index (Phi) is 5.07. The molecule has 1 saturated heterocycles. The van der Waals surface area contributed by atoms with Crippen molar-refractivity contribution in [3.63, 3.8) is 0 Å². The summed E-state index contributed by atoms with van der Waals surface area (Å²) in [5, 5.41) is 2.76. The number of hydrogen-bond acceptors (Lipinski definition) is 4. The average Bonchev–Trinajstić information content (AvgIpc) is 2.87. The summed E-state index contributed by atoms with van der Waals surface area (Å²) >= 11 is 0. The molecule has 116 valence electrons. The quantitative estimate of drug-likeness (QED) is 0.615. The van der Waals surface area contributed by atoms with E-state index in [-0.39, 0.29) is 11.3 Å². The number of nitrogens with one attached hydrogen (secondary N) is 1. The number of carbonyl (C=O) groups excluding carboxylic acids is 1. The van der Waals surface area contributed by atoms with Crippen LogP contribution in [0.5, 0.6) is 5.75 Å². The molecule has 1 unspecified atom stereocenters. The van der Waals surface area contributed by atoms with Crippen molar-refractivity contribution in [1.82, 2.24) is 10.2 Å². The van der Waals surface area contributed by atoms with Gasteiger partial charge in [-0.3, -0.25) is 4.79 Å². The molecule has 1 aromatic carbocycles. The molecular weight excluding hydrogens is 266 g/mol. The SMILES string of the molecule is CNC(=O)C1(C)CCN(CCCOc2ccc(N)cc2)C1. The minimum absolute atomic E-state index is 0.142. The molecule has 0 aliphatic carbocycles.